The summed E-state index contributed by atoms with van der Waals surface area (Å²) in [5, 5.41) is 20.8. The third kappa shape index (κ3) is 9.08. The van der Waals surface area contributed by atoms with Crippen molar-refractivity contribution in [1.82, 2.24) is 40.3 Å². The summed E-state index contributed by atoms with van der Waals surface area (Å²) in [5.41, 5.74) is 1.67. The van der Waals surface area contributed by atoms with E-state index in [4.69, 9.17) is 0 Å². The summed E-state index contributed by atoms with van der Waals surface area (Å²) in [6, 6.07) is 6.17. The van der Waals surface area contributed by atoms with E-state index < -0.39 is 30.3 Å². The lowest BCUT2D eigenvalue weighted by Gasteiger charge is -2.10. The zero-order valence-electron chi connectivity index (χ0n) is 21.7. The number of nitrogens with one attached hydrogen (secondary N) is 2. The molecule has 0 aliphatic carbocycles. The molecule has 2 N–H and O–H groups in total. The number of anilines is 1. The number of aromatic nitrogens is 7. The molecule has 4 rings (SSSR count). The third-order valence-electron chi connectivity index (χ3n) is 5.61. The maximum atomic E-state index is 14.0. The first-order valence-electron chi connectivity index (χ1n) is 12.4. The molecular weight excluding hydrogens is 550 g/mol. The molecular formula is C25H25F4N9O3. The first-order chi connectivity index (χ1) is 19.5. The highest BCUT2D eigenvalue weighted by Gasteiger charge is 2.31. The molecule has 0 saturated carbocycles. The van der Waals surface area contributed by atoms with E-state index in [0.29, 0.717) is 25.9 Å². The van der Waals surface area contributed by atoms with Gasteiger partial charge in [-0.25, -0.2) is 4.39 Å². The maximum Gasteiger partial charge on any atom is 0.573 e. The molecule has 16 heteroatoms. The molecule has 3 aromatic heterocycles. The smallest absolute Gasteiger partial charge is 0.406 e. The largest absolute Gasteiger partial charge is 0.573 e. The Morgan fingerprint density at radius 2 is 1.73 bits per heavy atom. The van der Waals surface area contributed by atoms with Crippen LogP contribution in [0.4, 0.5) is 23.4 Å². The van der Waals surface area contributed by atoms with Gasteiger partial charge >= 0.3 is 6.36 Å². The quantitative estimate of drug-likeness (QED) is 0.194. The Hall–Kier alpha value is -4.89. The number of hydrogen-bond acceptors (Lipinski definition) is 8. The Kier molecular flexibility index (Phi) is 9.21. The lowest BCUT2D eigenvalue weighted by atomic mass is 10.1. The number of pyridine rings is 1. The van der Waals surface area contributed by atoms with Crippen molar-refractivity contribution in [2.75, 3.05) is 5.32 Å². The third-order valence-corrected chi connectivity index (χ3v) is 5.61. The number of aryl methyl sites for hydroxylation is 3. The monoisotopic (exact) mass is 575 g/mol. The van der Waals surface area contributed by atoms with Gasteiger partial charge < -0.3 is 15.4 Å². The number of benzene rings is 1. The molecule has 41 heavy (non-hydrogen) atoms. The summed E-state index contributed by atoms with van der Waals surface area (Å²) in [4.78, 5) is 28.8. The van der Waals surface area contributed by atoms with Crippen LogP contribution in [0, 0.1) is 12.7 Å². The van der Waals surface area contributed by atoms with Crippen LogP contribution in [-0.4, -0.2) is 53.1 Å². The highest BCUT2D eigenvalue weighted by atomic mass is 19.4. The lowest BCUT2D eigenvalue weighted by Crippen LogP contribution is -2.23. The van der Waals surface area contributed by atoms with Crippen molar-refractivity contribution in [3.63, 3.8) is 0 Å². The average Bonchev–Trinajstić information content (AvgIpc) is 3.57. The molecule has 0 fully saturated rings. The van der Waals surface area contributed by atoms with Crippen LogP contribution >= 0.6 is 0 Å². The number of unbranched alkanes of at least 4 members (excludes halogenated alkanes) is 1. The summed E-state index contributed by atoms with van der Waals surface area (Å²) in [6.45, 7) is 3.16. The molecule has 0 spiro atoms. The van der Waals surface area contributed by atoms with Gasteiger partial charge in [-0.3, -0.25) is 23.9 Å². The first-order valence-corrected chi connectivity index (χ1v) is 12.4. The summed E-state index contributed by atoms with van der Waals surface area (Å²) in [6.07, 6.45) is 0.607. The molecule has 216 valence electrons. The highest BCUT2D eigenvalue weighted by molar-refractivity contribution is 5.92. The first kappa shape index (κ1) is 29.1. The topological polar surface area (TPSA) is 142 Å². The number of carbonyl (C=O) groups excluding carboxylic acids is 2. The standard InChI is InChI=1S/C25H25F4N9O3/c1-16-4-5-18(30-12-16)13-31-24(40)21-14-37(35-33-21)8-2-3-9-38-15-22(34-36-38)32-23(39)11-17-10-19(6-7-20(17)26)41-25(27,28)29/h4-7,10,12,14-15H,2-3,8-9,11,13H2,1H3,(H,31,40)(H,32,39). The second-order valence-electron chi connectivity index (χ2n) is 8.98. The minimum Gasteiger partial charge on any atom is -0.406 e. The Bertz CT molecular complexity index is 1490. The van der Waals surface area contributed by atoms with Crippen LogP contribution in [-0.2, 0) is 30.8 Å². The predicted molar refractivity (Wildman–Crippen MR) is 135 cm³/mol. The molecule has 0 bridgehead atoms. The van der Waals surface area contributed by atoms with Crippen LogP contribution in [0.5, 0.6) is 5.75 Å². The fourth-order valence-electron chi connectivity index (χ4n) is 3.63. The van der Waals surface area contributed by atoms with Crippen molar-refractivity contribution in [3.05, 3.63) is 77.3 Å². The minimum atomic E-state index is -4.94. The number of rotatable bonds is 12. The van der Waals surface area contributed by atoms with Crippen LogP contribution in [0.15, 0.2) is 48.9 Å². The SMILES string of the molecule is Cc1ccc(CNC(=O)c2cn(CCCCn3cc(NC(=O)Cc4cc(OC(F)(F)F)ccc4F)nn3)nn2)nc1. The van der Waals surface area contributed by atoms with Crippen molar-refractivity contribution in [1.29, 1.82) is 0 Å². The van der Waals surface area contributed by atoms with Crippen LogP contribution in [0.25, 0.3) is 0 Å². The zero-order chi connectivity index (χ0) is 29.4. The second-order valence-corrected chi connectivity index (χ2v) is 8.98. The van der Waals surface area contributed by atoms with Crippen LogP contribution < -0.4 is 15.4 Å². The molecule has 4 aromatic rings. The molecule has 0 aliphatic heterocycles. The van der Waals surface area contributed by atoms with Crippen molar-refractivity contribution in [2.24, 2.45) is 0 Å². The number of halogens is 4. The summed E-state index contributed by atoms with van der Waals surface area (Å²) in [5.74, 6) is -2.43. The van der Waals surface area contributed by atoms with Crippen LogP contribution in [0.3, 0.4) is 0 Å². The fourth-order valence-corrected chi connectivity index (χ4v) is 3.63. The number of hydrogen-bond donors (Lipinski definition) is 2. The number of carbonyl (C=O) groups is 2. The van der Waals surface area contributed by atoms with Crippen LogP contribution in [0.2, 0.25) is 0 Å². The summed E-state index contributed by atoms with van der Waals surface area (Å²) in [7, 11) is 0. The van der Waals surface area contributed by atoms with Gasteiger partial charge in [-0.05, 0) is 49.6 Å². The molecule has 12 nitrogen and oxygen atoms in total. The fraction of sp³-hybridized carbons (Fsp3) is 0.320. The average molecular weight is 576 g/mol. The summed E-state index contributed by atoms with van der Waals surface area (Å²) < 4.78 is 58.0. The molecule has 0 radical (unpaired) electrons. The van der Waals surface area contributed by atoms with Crippen molar-refractivity contribution >= 4 is 17.6 Å². The normalized spacial score (nSPS) is 11.3. The molecule has 2 amide bonds. The predicted octanol–water partition coefficient (Wildman–Crippen LogP) is 3.20. The van der Waals surface area contributed by atoms with Gasteiger partial charge in [0, 0.05) is 24.8 Å². The van der Waals surface area contributed by atoms with Gasteiger partial charge in [0.1, 0.15) is 11.6 Å². The van der Waals surface area contributed by atoms with Crippen molar-refractivity contribution in [2.45, 2.75) is 52.2 Å². The number of alkyl halides is 3. The number of ether oxygens (including phenoxy) is 1. The Labute approximate surface area is 230 Å². The molecule has 3 heterocycles. The van der Waals surface area contributed by atoms with E-state index in [2.05, 4.69) is 41.0 Å². The van der Waals surface area contributed by atoms with Gasteiger partial charge in [0.2, 0.25) is 5.91 Å². The van der Waals surface area contributed by atoms with E-state index in [0.717, 1.165) is 29.5 Å². The van der Waals surface area contributed by atoms with Gasteiger partial charge in [0.05, 0.1) is 31.1 Å². The maximum absolute atomic E-state index is 14.0. The molecule has 0 unspecified atom stereocenters. The van der Waals surface area contributed by atoms with Gasteiger partial charge in [0.25, 0.3) is 5.91 Å². The van der Waals surface area contributed by atoms with E-state index in [1.165, 1.54) is 10.9 Å². The minimum absolute atomic E-state index is 0.103. The van der Waals surface area contributed by atoms with E-state index in [1.807, 2.05) is 19.1 Å². The van der Waals surface area contributed by atoms with E-state index in [9.17, 15) is 27.2 Å². The van der Waals surface area contributed by atoms with Gasteiger partial charge in [-0.1, -0.05) is 16.5 Å². The molecule has 0 saturated heterocycles. The number of amides is 2. The van der Waals surface area contributed by atoms with Gasteiger partial charge in [0.15, 0.2) is 11.5 Å². The molecule has 0 aliphatic rings. The molecule has 0 atom stereocenters. The zero-order valence-corrected chi connectivity index (χ0v) is 21.7. The van der Waals surface area contributed by atoms with Crippen LogP contribution in [0.1, 0.15) is 40.2 Å². The Balaban J connectivity index is 1.18. The number of nitrogens with zero attached hydrogens (tertiary/aromatic N) is 7. The highest BCUT2D eigenvalue weighted by Crippen LogP contribution is 2.25. The second kappa shape index (κ2) is 13.0. The van der Waals surface area contributed by atoms with E-state index >= 15 is 0 Å². The Morgan fingerprint density at radius 1 is 1.00 bits per heavy atom. The van der Waals surface area contributed by atoms with Crippen molar-refractivity contribution in [3.8, 4) is 5.75 Å². The molecule has 1 aromatic carbocycles. The Morgan fingerprint density at radius 3 is 2.44 bits per heavy atom. The lowest BCUT2D eigenvalue weighted by molar-refractivity contribution is -0.274. The van der Waals surface area contributed by atoms with Gasteiger partial charge in [-0.2, -0.15) is 0 Å². The van der Waals surface area contributed by atoms with Gasteiger partial charge in [-0.15, -0.1) is 23.4 Å². The summed E-state index contributed by atoms with van der Waals surface area (Å²) >= 11 is 0. The van der Waals surface area contributed by atoms with E-state index in [1.54, 1.807) is 17.1 Å². The van der Waals surface area contributed by atoms with Crippen molar-refractivity contribution < 1.29 is 31.9 Å². The van der Waals surface area contributed by atoms with E-state index in [-0.39, 0.29) is 29.5 Å².